The first kappa shape index (κ1) is 20.8. The van der Waals surface area contributed by atoms with E-state index in [0.717, 1.165) is 30.2 Å². The van der Waals surface area contributed by atoms with E-state index in [-0.39, 0.29) is 23.6 Å². The third-order valence-electron chi connectivity index (χ3n) is 5.23. The molecule has 11 heteroatoms. The molecule has 2 aromatic carbocycles. The number of thioether (sulfide) groups is 1. The van der Waals surface area contributed by atoms with Crippen LogP contribution in [0.25, 0.3) is 11.5 Å². The number of benzene rings is 2. The molecular weight excluding hydrogens is 454 g/mol. The molecule has 0 bridgehead atoms. The zero-order valence-electron chi connectivity index (χ0n) is 17.1. The predicted molar refractivity (Wildman–Crippen MR) is 118 cm³/mol. The molecule has 0 atom stereocenters. The van der Waals surface area contributed by atoms with Gasteiger partial charge in [-0.25, -0.2) is 8.42 Å². The first-order chi connectivity index (χ1) is 15.4. The third kappa shape index (κ3) is 4.05. The van der Waals surface area contributed by atoms with Crippen molar-refractivity contribution in [3.63, 3.8) is 0 Å². The average molecular weight is 474 g/mol. The van der Waals surface area contributed by atoms with Crippen molar-refractivity contribution >= 4 is 33.3 Å². The van der Waals surface area contributed by atoms with Gasteiger partial charge in [-0.3, -0.25) is 9.10 Å². The lowest BCUT2D eigenvalue weighted by Crippen LogP contribution is -2.34. The van der Waals surface area contributed by atoms with Crippen LogP contribution in [-0.4, -0.2) is 49.7 Å². The molecule has 0 fully saturated rings. The number of fused-ring (bicyclic) bond motifs is 2. The molecule has 0 saturated heterocycles. The van der Waals surface area contributed by atoms with Gasteiger partial charge in [-0.05, 0) is 54.8 Å². The number of hydrogen-bond donors (Lipinski definition) is 0. The Morgan fingerprint density at radius 2 is 1.97 bits per heavy atom. The van der Waals surface area contributed by atoms with Gasteiger partial charge in [-0.15, -0.1) is 10.2 Å². The van der Waals surface area contributed by atoms with Crippen molar-refractivity contribution < 1.29 is 27.1 Å². The highest BCUT2D eigenvalue weighted by Gasteiger charge is 2.25. The highest BCUT2D eigenvalue weighted by Crippen LogP contribution is 2.36. The minimum Gasteiger partial charge on any atom is -0.454 e. The van der Waals surface area contributed by atoms with Crippen molar-refractivity contribution in [2.45, 2.75) is 18.1 Å². The van der Waals surface area contributed by atoms with Gasteiger partial charge in [0.15, 0.2) is 17.3 Å². The van der Waals surface area contributed by atoms with E-state index in [2.05, 4.69) is 10.2 Å². The Morgan fingerprint density at radius 3 is 2.81 bits per heavy atom. The lowest BCUT2D eigenvalue weighted by Gasteiger charge is -2.29. The fraction of sp³-hybridized carbons (Fsp3) is 0.286. The lowest BCUT2D eigenvalue weighted by atomic mass is 9.99. The first-order valence-electron chi connectivity index (χ1n) is 9.89. The molecule has 0 radical (unpaired) electrons. The van der Waals surface area contributed by atoms with Crippen LogP contribution in [0.1, 0.15) is 22.3 Å². The van der Waals surface area contributed by atoms with Crippen LogP contribution >= 0.6 is 11.8 Å². The maximum atomic E-state index is 12.7. The largest absolute Gasteiger partial charge is 0.454 e. The monoisotopic (exact) mass is 473 g/mol. The summed E-state index contributed by atoms with van der Waals surface area (Å²) in [6.07, 6.45) is 2.65. The molecule has 166 valence electrons. The third-order valence-corrected chi connectivity index (χ3v) is 7.23. The van der Waals surface area contributed by atoms with Crippen molar-refractivity contribution in [2.75, 3.05) is 29.7 Å². The smallest absolute Gasteiger partial charge is 0.277 e. The van der Waals surface area contributed by atoms with Crippen molar-refractivity contribution in [3.8, 4) is 23.0 Å². The fourth-order valence-electron chi connectivity index (χ4n) is 3.71. The number of hydrogen-bond acceptors (Lipinski definition) is 9. The molecular formula is C21H19N3O6S2. The number of sulfonamides is 1. The molecule has 0 N–H and O–H groups in total. The number of ether oxygens (including phenoxy) is 2. The zero-order chi connectivity index (χ0) is 22.3. The normalized spacial score (nSPS) is 15.0. The van der Waals surface area contributed by atoms with Crippen LogP contribution in [0.3, 0.4) is 0 Å². The first-order valence-corrected chi connectivity index (χ1v) is 12.7. The Morgan fingerprint density at radius 1 is 1.12 bits per heavy atom. The molecule has 32 heavy (non-hydrogen) atoms. The van der Waals surface area contributed by atoms with E-state index in [9.17, 15) is 13.2 Å². The Hall–Kier alpha value is -3.05. The minimum atomic E-state index is -3.34. The SMILES string of the molecule is CS(=O)(=O)N1CCCc2cc(C(=O)CSc3nnc(-c4ccc5c(c4)OCO5)o3)ccc21. The highest BCUT2D eigenvalue weighted by molar-refractivity contribution is 7.99. The summed E-state index contributed by atoms with van der Waals surface area (Å²) >= 11 is 1.15. The summed E-state index contributed by atoms with van der Waals surface area (Å²) in [6, 6.07) is 10.5. The van der Waals surface area contributed by atoms with Gasteiger partial charge < -0.3 is 13.9 Å². The second-order valence-electron chi connectivity index (χ2n) is 7.44. The number of Topliss-reactive ketones (excluding diaryl/α,β-unsaturated/α-hetero) is 1. The summed E-state index contributed by atoms with van der Waals surface area (Å²) in [5, 5.41) is 8.34. The second-order valence-corrected chi connectivity index (χ2v) is 10.3. The standard InChI is InChI=1S/C21H19N3O6S2/c1-32(26,27)24-8-2-3-13-9-14(4-6-16(13)24)17(25)11-31-21-23-22-20(30-21)15-5-7-18-19(10-15)29-12-28-18/h4-7,9-10H,2-3,8,11-12H2,1H3. The highest BCUT2D eigenvalue weighted by atomic mass is 32.2. The van der Waals surface area contributed by atoms with Crippen molar-refractivity contribution in [1.29, 1.82) is 0 Å². The van der Waals surface area contributed by atoms with Gasteiger partial charge in [0, 0.05) is 17.7 Å². The van der Waals surface area contributed by atoms with E-state index in [4.69, 9.17) is 13.9 Å². The molecule has 5 rings (SSSR count). The van der Waals surface area contributed by atoms with Crippen LogP contribution in [0.2, 0.25) is 0 Å². The zero-order valence-corrected chi connectivity index (χ0v) is 18.7. The molecule has 0 unspecified atom stereocenters. The number of ketones is 1. The lowest BCUT2D eigenvalue weighted by molar-refractivity contribution is 0.102. The summed E-state index contributed by atoms with van der Waals surface area (Å²) in [4.78, 5) is 12.7. The van der Waals surface area contributed by atoms with E-state index in [1.165, 1.54) is 10.6 Å². The maximum absolute atomic E-state index is 12.7. The number of aromatic nitrogens is 2. The Balaban J connectivity index is 1.27. The van der Waals surface area contributed by atoms with Gasteiger partial charge in [0.25, 0.3) is 5.22 Å². The molecule has 3 aromatic rings. The van der Waals surface area contributed by atoms with Crippen molar-refractivity contribution in [1.82, 2.24) is 10.2 Å². The predicted octanol–water partition coefficient (Wildman–Crippen LogP) is 3.15. The van der Waals surface area contributed by atoms with E-state index < -0.39 is 10.0 Å². The van der Waals surface area contributed by atoms with Gasteiger partial charge in [0.05, 0.1) is 17.7 Å². The number of carbonyl (C=O) groups is 1. The average Bonchev–Trinajstić information content (AvgIpc) is 3.45. The molecule has 1 aromatic heterocycles. The van der Waals surface area contributed by atoms with E-state index in [0.29, 0.717) is 40.7 Å². The fourth-order valence-corrected chi connectivity index (χ4v) is 5.36. The summed E-state index contributed by atoms with van der Waals surface area (Å²) in [5.74, 6) is 1.63. The van der Waals surface area contributed by atoms with E-state index in [1.807, 2.05) is 0 Å². The molecule has 0 spiro atoms. The molecule has 0 saturated carbocycles. The summed E-state index contributed by atoms with van der Waals surface area (Å²) in [7, 11) is -3.34. The van der Waals surface area contributed by atoms with Crippen LogP contribution in [0, 0.1) is 0 Å². The van der Waals surface area contributed by atoms with E-state index >= 15 is 0 Å². The molecule has 0 amide bonds. The number of aryl methyl sites for hydroxylation is 1. The van der Waals surface area contributed by atoms with Gasteiger partial charge in [-0.1, -0.05) is 11.8 Å². The number of anilines is 1. The number of nitrogens with zero attached hydrogens (tertiary/aromatic N) is 3. The topological polar surface area (TPSA) is 112 Å². The van der Waals surface area contributed by atoms with Gasteiger partial charge in [0.1, 0.15) is 0 Å². The van der Waals surface area contributed by atoms with Crippen LogP contribution in [0.5, 0.6) is 11.5 Å². The molecule has 2 aliphatic heterocycles. The van der Waals surface area contributed by atoms with Crippen molar-refractivity contribution in [3.05, 3.63) is 47.5 Å². The van der Waals surface area contributed by atoms with Gasteiger partial charge in [-0.2, -0.15) is 0 Å². The van der Waals surface area contributed by atoms with E-state index in [1.54, 1.807) is 36.4 Å². The quantitative estimate of drug-likeness (QED) is 0.394. The Kier molecular flexibility index (Phi) is 5.30. The van der Waals surface area contributed by atoms with Crippen LogP contribution in [0.4, 0.5) is 5.69 Å². The van der Waals surface area contributed by atoms with Gasteiger partial charge >= 0.3 is 0 Å². The van der Waals surface area contributed by atoms with Crippen LogP contribution in [-0.2, 0) is 16.4 Å². The summed E-state index contributed by atoms with van der Waals surface area (Å²) in [6.45, 7) is 0.638. The molecule has 3 heterocycles. The second kappa shape index (κ2) is 8.14. The Bertz CT molecular complexity index is 1300. The summed E-state index contributed by atoms with van der Waals surface area (Å²) in [5.41, 5.74) is 2.74. The van der Waals surface area contributed by atoms with Crippen molar-refractivity contribution in [2.24, 2.45) is 0 Å². The molecule has 0 aliphatic carbocycles. The maximum Gasteiger partial charge on any atom is 0.277 e. The summed E-state index contributed by atoms with van der Waals surface area (Å²) < 4.78 is 41.7. The minimum absolute atomic E-state index is 0.0999. The van der Waals surface area contributed by atoms with Crippen LogP contribution < -0.4 is 13.8 Å². The molecule has 2 aliphatic rings. The number of carbonyl (C=O) groups excluding carboxylic acids is 1. The van der Waals surface area contributed by atoms with Gasteiger partial charge in [0.2, 0.25) is 22.7 Å². The molecule has 9 nitrogen and oxygen atoms in total. The van der Waals surface area contributed by atoms with Crippen LogP contribution in [0.15, 0.2) is 46.0 Å². The number of rotatable bonds is 6. The Labute approximate surface area is 188 Å².